The number of anilines is 1. The van der Waals surface area contributed by atoms with Gasteiger partial charge in [0.15, 0.2) is 0 Å². The number of rotatable bonds is 3. The molecule has 2 rings (SSSR count). The Morgan fingerprint density at radius 3 is 2.79 bits per heavy atom. The highest BCUT2D eigenvalue weighted by molar-refractivity contribution is 5.89. The number of nitrogens with one attached hydrogen (secondary N) is 1. The van der Waals surface area contributed by atoms with Crippen LogP contribution in [0.15, 0.2) is 24.3 Å². The van der Waals surface area contributed by atoms with Crippen LogP contribution >= 0.6 is 0 Å². The molecule has 0 unspecified atom stereocenters. The fraction of sp³-hybridized carbons (Fsp3) is 0.286. The molecule has 0 aliphatic carbocycles. The first-order valence-electron chi connectivity index (χ1n) is 6.03. The Labute approximate surface area is 111 Å². The van der Waals surface area contributed by atoms with Crippen LogP contribution in [-0.4, -0.2) is 15.7 Å². The number of halogens is 1. The van der Waals surface area contributed by atoms with Crippen molar-refractivity contribution >= 4 is 11.6 Å². The summed E-state index contributed by atoms with van der Waals surface area (Å²) in [6.07, 6.45) is 0. The highest BCUT2D eigenvalue weighted by Crippen LogP contribution is 2.20. The fourth-order valence-corrected chi connectivity index (χ4v) is 2.02. The van der Waals surface area contributed by atoms with Crippen molar-refractivity contribution in [1.82, 2.24) is 9.78 Å². The van der Waals surface area contributed by atoms with Gasteiger partial charge in [0.05, 0.1) is 23.6 Å². The number of aryl methyl sites for hydroxylation is 1. The van der Waals surface area contributed by atoms with Crippen LogP contribution in [0.2, 0.25) is 0 Å². The number of hydrogen-bond acceptors (Lipinski definition) is 2. The highest BCUT2D eigenvalue weighted by atomic mass is 19.1. The van der Waals surface area contributed by atoms with E-state index in [1.165, 1.54) is 19.1 Å². The second-order valence-corrected chi connectivity index (χ2v) is 4.51. The molecule has 0 saturated heterocycles. The Kier molecular flexibility index (Phi) is 3.64. The number of hydrogen-bond donors (Lipinski definition) is 1. The Morgan fingerprint density at radius 2 is 2.16 bits per heavy atom. The predicted octanol–water partition coefficient (Wildman–Crippen LogP) is 2.65. The van der Waals surface area contributed by atoms with Crippen molar-refractivity contribution in [2.75, 3.05) is 5.32 Å². The van der Waals surface area contributed by atoms with Crippen molar-refractivity contribution in [1.29, 1.82) is 0 Å². The van der Waals surface area contributed by atoms with Gasteiger partial charge in [-0.05, 0) is 31.5 Å². The van der Waals surface area contributed by atoms with Crippen molar-refractivity contribution in [3.63, 3.8) is 0 Å². The third-order valence-electron chi connectivity index (χ3n) is 2.90. The van der Waals surface area contributed by atoms with Crippen LogP contribution in [0.25, 0.3) is 0 Å². The van der Waals surface area contributed by atoms with Crippen molar-refractivity contribution in [3.05, 3.63) is 47.0 Å². The zero-order chi connectivity index (χ0) is 14.0. The second-order valence-electron chi connectivity index (χ2n) is 4.51. The molecule has 0 fully saturated rings. The molecule has 1 aromatic heterocycles. The summed E-state index contributed by atoms with van der Waals surface area (Å²) in [6, 6.07) is 6.41. The Morgan fingerprint density at radius 1 is 1.42 bits per heavy atom. The maximum atomic E-state index is 13.1. The van der Waals surface area contributed by atoms with Crippen LogP contribution in [0.4, 0.5) is 10.1 Å². The molecule has 5 heteroatoms. The maximum absolute atomic E-state index is 13.1. The van der Waals surface area contributed by atoms with E-state index in [4.69, 9.17) is 0 Å². The molecule has 4 nitrogen and oxygen atoms in total. The van der Waals surface area contributed by atoms with E-state index in [0.29, 0.717) is 6.54 Å². The topological polar surface area (TPSA) is 46.9 Å². The molecule has 0 saturated carbocycles. The third kappa shape index (κ3) is 2.99. The van der Waals surface area contributed by atoms with Crippen LogP contribution in [0.5, 0.6) is 0 Å². The SMILES string of the molecule is CC(=O)Nc1c(C)nn(Cc2cccc(F)c2)c1C. The number of nitrogens with zero attached hydrogens (tertiary/aromatic N) is 2. The molecule has 0 aliphatic heterocycles. The molecule has 1 amide bonds. The van der Waals surface area contributed by atoms with Gasteiger partial charge in [0.1, 0.15) is 5.82 Å². The van der Waals surface area contributed by atoms with E-state index in [-0.39, 0.29) is 11.7 Å². The summed E-state index contributed by atoms with van der Waals surface area (Å²) in [7, 11) is 0. The van der Waals surface area contributed by atoms with E-state index in [0.717, 1.165) is 22.6 Å². The monoisotopic (exact) mass is 261 g/mol. The summed E-state index contributed by atoms with van der Waals surface area (Å²) in [6.45, 7) is 5.65. The van der Waals surface area contributed by atoms with Crippen LogP contribution in [0, 0.1) is 19.7 Å². The van der Waals surface area contributed by atoms with Crippen LogP contribution in [-0.2, 0) is 11.3 Å². The first-order chi connectivity index (χ1) is 8.97. The van der Waals surface area contributed by atoms with Gasteiger partial charge in [-0.2, -0.15) is 5.10 Å². The molecule has 0 atom stereocenters. The number of amides is 1. The lowest BCUT2D eigenvalue weighted by molar-refractivity contribution is -0.114. The fourth-order valence-electron chi connectivity index (χ4n) is 2.02. The molecule has 19 heavy (non-hydrogen) atoms. The van der Waals surface area contributed by atoms with Gasteiger partial charge in [0.2, 0.25) is 5.91 Å². The largest absolute Gasteiger partial charge is 0.323 e. The maximum Gasteiger partial charge on any atom is 0.221 e. The summed E-state index contributed by atoms with van der Waals surface area (Å²) in [5.74, 6) is -0.391. The van der Waals surface area contributed by atoms with Crippen molar-refractivity contribution in [3.8, 4) is 0 Å². The summed E-state index contributed by atoms with van der Waals surface area (Å²) >= 11 is 0. The molecule has 0 spiro atoms. The quantitative estimate of drug-likeness (QED) is 0.923. The summed E-state index contributed by atoms with van der Waals surface area (Å²) in [5, 5.41) is 7.13. The van der Waals surface area contributed by atoms with Crippen LogP contribution < -0.4 is 5.32 Å². The molecule has 0 bridgehead atoms. The molecule has 1 heterocycles. The van der Waals surface area contributed by atoms with Gasteiger partial charge < -0.3 is 5.32 Å². The first kappa shape index (κ1) is 13.3. The average Bonchev–Trinajstić information content (AvgIpc) is 2.57. The third-order valence-corrected chi connectivity index (χ3v) is 2.90. The Hall–Kier alpha value is -2.17. The van der Waals surface area contributed by atoms with E-state index >= 15 is 0 Å². The molecule has 2 aromatic rings. The summed E-state index contributed by atoms with van der Waals surface area (Å²) < 4.78 is 14.9. The lowest BCUT2D eigenvalue weighted by Crippen LogP contribution is -2.08. The van der Waals surface area contributed by atoms with Gasteiger partial charge in [-0.25, -0.2) is 4.39 Å². The van der Waals surface area contributed by atoms with E-state index < -0.39 is 0 Å². The predicted molar refractivity (Wildman–Crippen MR) is 71.5 cm³/mol. The molecular weight excluding hydrogens is 245 g/mol. The van der Waals surface area contributed by atoms with Gasteiger partial charge in [0.25, 0.3) is 0 Å². The van der Waals surface area contributed by atoms with E-state index in [1.807, 2.05) is 19.9 Å². The average molecular weight is 261 g/mol. The zero-order valence-electron chi connectivity index (χ0n) is 11.2. The van der Waals surface area contributed by atoms with Crippen molar-refractivity contribution in [2.24, 2.45) is 0 Å². The lowest BCUT2D eigenvalue weighted by atomic mass is 10.2. The summed E-state index contributed by atoms with van der Waals surface area (Å²) in [4.78, 5) is 11.1. The number of carbonyl (C=O) groups is 1. The lowest BCUT2D eigenvalue weighted by Gasteiger charge is -2.06. The van der Waals surface area contributed by atoms with Gasteiger partial charge in [-0.1, -0.05) is 12.1 Å². The Balaban J connectivity index is 2.29. The number of benzene rings is 1. The minimum atomic E-state index is -0.263. The van der Waals surface area contributed by atoms with Crippen LogP contribution in [0.3, 0.4) is 0 Å². The highest BCUT2D eigenvalue weighted by Gasteiger charge is 2.12. The molecule has 0 radical (unpaired) electrons. The number of aromatic nitrogens is 2. The standard InChI is InChI=1S/C14H16FN3O/c1-9-14(16-11(3)19)10(2)18(17-9)8-12-5-4-6-13(15)7-12/h4-7H,8H2,1-3H3,(H,16,19). The van der Waals surface area contributed by atoms with E-state index in [2.05, 4.69) is 10.4 Å². The van der Waals surface area contributed by atoms with Gasteiger partial charge in [-0.3, -0.25) is 9.48 Å². The second kappa shape index (κ2) is 5.22. The molecule has 1 aromatic carbocycles. The molecule has 100 valence electrons. The van der Waals surface area contributed by atoms with E-state index in [1.54, 1.807) is 10.7 Å². The summed E-state index contributed by atoms with van der Waals surface area (Å²) in [5.41, 5.74) is 3.17. The minimum Gasteiger partial charge on any atom is -0.323 e. The normalized spacial score (nSPS) is 10.5. The van der Waals surface area contributed by atoms with Gasteiger partial charge in [0, 0.05) is 6.92 Å². The smallest absolute Gasteiger partial charge is 0.221 e. The van der Waals surface area contributed by atoms with Crippen molar-refractivity contribution < 1.29 is 9.18 Å². The van der Waals surface area contributed by atoms with Gasteiger partial charge >= 0.3 is 0 Å². The van der Waals surface area contributed by atoms with Gasteiger partial charge in [-0.15, -0.1) is 0 Å². The molecular formula is C14H16FN3O. The molecule has 1 N–H and O–H groups in total. The van der Waals surface area contributed by atoms with Crippen LogP contribution in [0.1, 0.15) is 23.9 Å². The molecule has 0 aliphatic rings. The van der Waals surface area contributed by atoms with Crippen molar-refractivity contribution in [2.45, 2.75) is 27.3 Å². The van der Waals surface area contributed by atoms with E-state index in [9.17, 15) is 9.18 Å². The zero-order valence-corrected chi connectivity index (χ0v) is 11.2. The first-order valence-corrected chi connectivity index (χ1v) is 6.03. The Bertz CT molecular complexity index is 619. The number of carbonyl (C=O) groups excluding carboxylic acids is 1. The minimum absolute atomic E-state index is 0.128.